The molecule has 1 aliphatic heterocycles. The van der Waals surface area contributed by atoms with Gasteiger partial charge in [-0.15, -0.1) is 0 Å². The van der Waals surface area contributed by atoms with Gasteiger partial charge in [-0.3, -0.25) is 0 Å². The first-order valence-electron chi connectivity index (χ1n) is 2.00. The predicted molar refractivity (Wildman–Crippen MR) is 30.1 cm³/mol. The Bertz CT molecular complexity index is 73.3. The normalized spacial score (nSPS) is 14.7. The predicted octanol–water partition coefficient (Wildman–Crippen LogP) is 0.576. The zero-order valence-electron chi connectivity index (χ0n) is 3.46. The molecule has 0 atom stereocenters. The van der Waals surface area contributed by atoms with E-state index in [1.165, 1.54) is 0 Å². The molecule has 1 aliphatic rings. The van der Waals surface area contributed by atoms with Crippen molar-refractivity contribution < 1.29 is 0 Å². The number of allylic oxidation sites excluding steroid dienone is 3. The van der Waals surface area contributed by atoms with Crippen LogP contribution in [-0.2, 0) is 0 Å². The summed E-state index contributed by atoms with van der Waals surface area (Å²) in [6.07, 6.45) is 6.38. The Morgan fingerprint density at radius 3 is 2.17 bits per heavy atom. The van der Waals surface area contributed by atoms with Crippen LogP contribution in [0.4, 0.5) is 0 Å². The van der Waals surface area contributed by atoms with Gasteiger partial charge in [-0.05, 0) is 0 Å². The van der Waals surface area contributed by atoms with E-state index in [9.17, 15) is 0 Å². The van der Waals surface area contributed by atoms with Gasteiger partial charge in [-0.25, -0.2) is 0 Å². The Balaban J connectivity index is 2.77. The Morgan fingerprint density at radius 1 is 1.00 bits per heavy atom. The molecule has 1 rings (SSSR count). The molecule has 0 N–H and O–H groups in total. The average molecular weight is 269 g/mol. The molecule has 0 radical (unpaired) electrons. The van der Waals surface area contributed by atoms with Crippen molar-refractivity contribution in [2.45, 2.75) is 0 Å². The van der Waals surface area contributed by atoms with Crippen LogP contribution in [-0.4, -0.2) is 27.3 Å². The summed E-state index contributed by atoms with van der Waals surface area (Å²) >= 11 is -0.380. The van der Waals surface area contributed by atoms with Gasteiger partial charge in [0.2, 0.25) is 0 Å². The first-order valence-corrected chi connectivity index (χ1v) is 7.18. The van der Waals surface area contributed by atoms with Crippen molar-refractivity contribution in [3.63, 3.8) is 0 Å². The van der Waals surface area contributed by atoms with Crippen molar-refractivity contribution in [3.05, 3.63) is 21.9 Å². The van der Waals surface area contributed by atoms with Crippen LogP contribution in [0.2, 0.25) is 0 Å². The van der Waals surface area contributed by atoms with E-state index >= 15 is 0 Å². The number of rotatable bonds is 0. The van der Waals surface area contributed by atoms with Gasteiger partial charge in [-0.2, -0.15) is 0 Å². The molecule has 6 heavy (non-hydrogen) atoms. The standard InChI is InChI=1S/C5H5.Tl/c1-3-5-4-2;/h1-5H;. The van der Waals surface area contributed by atoms with E-state index in [0.717, 1.165) is 0 Å². The molecule has 0 aromatic heterocycles. The van der Waals surface area contributed by atoms with Crippen molar-refractivity contribution in [3.8, 4) is 0 Å². The second kappa shape index (κ2) is 2.45. The third-order valence-corrected chi connectivity index (χ3v) is 4.12. The van der Waals surface area contributed by atoms with Crippen LogP contribution < -0.4 is 0 Å². The molecule has 0 amide bonds. The Morgan fingerprint density at radius 2 is 2.00 bits per heavy atom. The topological polar surface area (TPSA) is 0 Å². The van der Waals surface area contributed by atoms with Crippen molar-refractivity contribution in [1.29, 1.82) is 0 Å². The fourth-order valence-electron chi connectivity index (χ4n) is 0.385. The van der Waals surface area contributed by atoms with Gasteiger partial charge < -0.3 is 0 Å². The maximum absolute atomic E-state index is 2.33. The summed E-state index contributed by atoms with van der Waals surface area (Å²) in [4.78, 5) is 0. The third-order valence-electron chi connectivity index (χ3n) is 0.667. The van der Waals surface area contributed by atoms with Crippen molar-refractivity contribution in [2.75, 3.05) is 0 Å². The van der Waals surface area contributed by atoms with Gasteiger partial charge in [0.1, 0.15) is 0 Å². The molecular formula is C5H5Tl. The summed E-state index contributed by atoms with van der Waals surface area (Å²) in [5, 5.41) is 0. The molecular weight excluding hydrogens is 264 g/mol. The molecule has 0 saturated carbocycles. The SMILES string of the molecule is C1=C[CH]=[Tl][CH]=C1. The summed E-state index contributed by atoms with van der Waals surface area (Å²) < 4.78 is 4.67. The summed E-state index contributed by atoms with van der Waals surface area (Å²) in [5.41, 5.74) is 0. The van der Waals surface area contributed by atoms with Gasteiger partial charge in [0.05, 0.1) is 0 Å². The summed E-state index contributed by atoms with van der Waals surface area (Å²) in [6, 6.07) is 0. The molecule has 1 heteroatoms. The maximum atomic E-state index is 2.33. The average Bonchev–Trinajstić information content (AvgIpc) is 1.72. The summed E-state index contributed by atoms with van der Waals surface area (Å²) in [7, 11) is 0. The molecule has 0 unspecified atom stereocenters. The van der Waals surface area contributed by atoms with E-state index in [0.29, 0.717) is 0 Å². The fourth-order valence-corrected chi connectivity index (χ4v) is 2.88. The van der Waals surface area contributed by atoms with E-state index in [4.69, 9.17) is 0 Å². The van der Waals surface area contributed by atoms with Crippen LogP contribution in [0, 0.1) is 0 Å². The molecule has 0 fully saturated rings. The van der Waals surface area contributed by atoms with Gasteiger partial charge >= 0.3 is 49.2 Å². The molecule has 0 saturated heterocycles. The molecule has 0 aromatic carbocycles. The molecule has 0 aliphatic carbocycles. The van der Waals surface area contributed by atoms with E-state index < -0.39 is 0 Å². The molecule has 1 heterocycles. The minimum absolute atomic E-state index is 0.380. The van der Waals surface area contributed by atoms with Crippen molar-refractivity contribution >= 4 is 27.3 Å². The fraction of sp³-hybridized carbons (Fsp3) is 0. The van der Waals surface area contributed by atoms with Crippen LogP contribution >= 0.6 is 0 Å². The van der Waals surface area contributed by atoms with Gasteiger partial charge in [0.15, 0.2) is 0 Å². The van der Waals surface area contributed by atoms with Crippen LogP contribution in [0.1, 0.15) is 0 Å². The first kappa shape index (κ1) is 4.43. The van der Waals surface area contributed by atoms with Gasteiger partial charge in [0, 0.05) is 0 Å². The van der Waals surface area contributed by atoms with E-state index in [-0.39, 0.29) is 23.7 Å². The zero-order chi connectivity index (χ0) is 4.24. The Hall–Kier alpha value is 0.272. The third kappa shape index (κ3) is 1.16. The minimum atomic E-state index is -0.380. The summed E-state index contributed by atoms with van der Waals surface area (Å²) in [5.74, 6) is 0. The van der Waals surface area contributed by atoms with Crippen molar-refractivity contribution in [1.82, 2.24) is 0 Å². The molecule has 0 bridgehead atoms. The first-order chi connectivity index (χ1) is 3.00. The molecule has 0 spiro atoms. The number of hydrogen-bond donors (Lipinski definition) is 0. The van der Waals surface area contributed by atoms with Crippen LogP contribution in [0.3, 0.4) is 0 Å². The molecule has 0 aromatic rings. The van der Waals surface area contributed by atoms with Gasteiger partial charge in [0.25, 0.3) is 0 Å². The van der Waals surface area contributed by atoms with E-state index in [1.54, 1.807) is 0 Å². The quantitative estimate of drug-likeness (QED) is 0.564. The second-order valence-corrected chi connectivity index (χ2v) is 5.64. The summed E-state index contributed by atoms with van der Waals surface area (Å²) in [6.45, 7) is 0. The van der Waals surface area contributed by atoms with Crippen molar-refractivity contribution in [2.24, 2.45) is 0 Å². The van der Waals surface area contributed by atoms with Crippen LogP contribution in [0.5, 0.6) is 0 Å². The Kier molecular flexibility index (Phi) is 1.81. The molecule has 28 valence electrons. The van der Waals surface area contributed by atoms with Gasteiger partial charge in [-0.1, -0.05) is 0 Å². The van der Waals surface area contributed by atoms with Crippen LogP contribution in [0.15, 0.2) is 21.9 Å². The Labute approximate surface area is 49.2 Å². The molecule has 0 nitrogen and oxygen atoms in total. The second-order valence-electron chi connectivity index (χ2n) is 1.15. The monoisotopic (exact) mass is 270 g/mol. The zero-order valence-corrected chi connectivity index (χ0v) is 7.95. The van der Waals surface area contributed by atoms with E-state index in [1.807, 2.05) is 0 Å². The van der Waals surface area contributed by atoms with E-state index in [2.05, 4.69) is 25.4 Å². The van der Waals surface area contributed by atoms with Crippen LogP contribution in [0.25, 0.3) is 0 Å². The number of hydrogen-bond acceptors (Lipinski definition) is 0.